The van der Waals surface area contributed by atoms with Crippen molar-refractivity contribution in [3.63, 3.8) is 0 Å². The smallest absolute Gasteiger partial charge is 0.315 e. The predicted octanol–water partition coefficient (Wildman–Crippen LogP) is 7.59. The molecule has 3 aromatic rings. The molecule has 0 bridgehead atoms. The summed E-state index contributed by atoms with van der Waals surface area (Å²) in [6, 6.07) is 4.84. The second-order valence-electron chi connectivity index (χ2n) is 13.5. The van der Waals surface area contributed by atoms with Gasteiger partial charge >= 0.3 is 5.97 Å². The molecule has 2 atom stereocenters. The lowest BCUT2D eigenvalue weighted by Gasteiger charge is -2.49. The minimum absolute atomic E-state index is 0.00303. The first-order valence-corrected chi connectivity index (χ1v) is 14.9. The van der Waals surface area contributed by atoms with Crippen LogP contribution in [0.1, 0.15) is 68.2 Å². The van der Waals surface area contributed by atoms with Crippen molar-refractivity contribution in [1.29, 1.82) is 0 Å². The Bertz CT molecular complexity index is 1610. The zero-order valence-corrected chi connectivity index (χ0v) is 27.0. The predicted molar refractivity (Wildman–Crippen MR) is 167 cm³/mol. The number of halogens is 3. The van der Waals surface area contributed by atoms with Crippen LogP contribution in [0.4, 0.5) is 5.82 Å². The van der Waals surface area contributed by atoms with E-state index in [0.717, 1.165) is 17.2 Å². The van der Waals surface area contributed by atoms with Crippen molar-refractivity contribution in [3.8, 4) is 16.9 Å². The fourth-order valence-corrected chi connectivity index (χ4v) is 7.00. The number of hydrogen-bond acceptors (Lipinski definition) is 6. The highest BCUT2D eigenvalue weighted by Gasteiger charge is 2.50. The summed E-state index contributed by atoms with van der Waals surface area (Å²) in [5.41, 5.74) is 5.80. The molecular weight excluding hydrogens is 585 g/mol. The van der Waals surface area contributed by atoms with E-state index in [1.54, 1.807) is 18.2 Å². The third-order valence-electron chi connectivity index (χ3n) is 8.39. The molecule has 41 heavy (non-hydrogen) atoms. The summed E-state index contributed by atoms with van der Waals surface area (Å²) in [6.45, 7) is 16.5. The van der Waals surface area contributed by atoms with E-state index in [1.165, 1.54) is 6.92 Å². The molecule has 7 nitrogen and oxygen atoms in total. The number of nitrogens with two attached hydrogens (primary N) is 1. The zero-order valence-electron chi connectivity index (χ0n) is 24.7. The Morgan fingerprint density at radius 1 is 1.05 bits per heavy atom. The maximum absolute atomic E-state index is 14.4. The topological polar surface area (TPSA) is 107 Å². The van der Waals surface area contributed by atoms with Crippen molar-refractivity contribution in [2.75, 3.05) is 5.73 Å². The number of nitrogen functional groups attached to an aromatic ring is 1. The minimum Gasteiger partial charge on any atom is -0.512 e. The molecular formula is C31H38Cl3N3O4. The summed E-state index contributed by atoms with van der Waals surface area (Å²) in [5.74, 6) is -0.797. The van der Waals surface area contributed by atoms with Gasteiger partial charge in [0.25, 0.3) is 5.56 Å². The second-order valence-corrected chi connectivity index (χ2v) is 14.7. The van der Waals surface area contributed by atoms with Crippen molar-refractivity contribution in [1.82, 2.24) is 9.38 Å². The van der Waals surface area contributed by atoms with Crippen LogP contribution in [-0.4, -0.2) is 20.5 Å². The monoisotopic (exact) mass is 621 g/mol. The highest BCUT2D eigenvalue weighted by molar-refractivity contribution is 6.42. The Kier molecular flexibility index (Phi) is 8.42. The van der Waals surface area contributed by atoms with Crippen LogP contribution in [0.25, 0.3) is 22.5 Å². The van der Waals surface area contributed by atoms with Crippen LogP contribution in [0, 0.1) is 34.5 Å². The Hall–Kier alpha value is -2.48. The van der Waals surface area contributed by atoms with Gasteiger partial charge in [-0.3, -0.25) is 9.59 Å². The van der Waals surface area contributed by atoms with Gasteiger partial charge in [0.05, 0.1) is 21.5 Å². The van der Waals surface area contributed by atoms with Gasteiger partial charge in [-0.25, -0.2) is 9.38 Å². The number of aliphatic hydroxyl groups is 1. The van der Waals surface area contributed by atoms with Crippen molar-refractivity contribution in [2.45, 2.75) is 68.2 Å². The van der Waals surface area contributed by atoms with E-state index < -0.39 is 17.4 Å². The summed E-state index contributed by atoms with van der Waals surface area (Å²) in [6.07, 6.45) is 1.77. The number of esters is 1. The summed E-state index contributed by atoms with van der Waals surface area (Å²) >= 11 is 19.4. The van der Waals surface area contributed by atoms with Gasteiger partial charge in [-0.2, -0.15) is 0 Å². The molecule has 4 rings (SSSR count). The fourth-order valence-electron chi connectivity index (χ4n) is 6.35. The number of ether oxygens (including phenoxy) is 1. The number of anilines is 1. The molecule has 0 amide bonds. The number of carbonyl (C=O) groups excluding carboxylic acids is 1. The first-order valence-electron chi connectivity index (χ1n) is 13.7. The van der Waals surface area contributed by atoms with Crippen molar-refractivity contribution in [3.05, 3.63) is 49.0 Å². The minimum atomic E-state index is -0.687. The molecule has 0 radical (unpaired) electrons. The lowest BCUT2D eigenvalue weighted by atomic mass is 9.55. The van der Waals surface area contributed by atoms with Crippen LogP contribution in [0.5, 0.6) is 5.75 Å². The highest BCUT2D eigenvalue weighted by atomic mass is 35.5. The number of aliphatic hydroxyl groups excluding tert-OH is 1. The summed E-state index contributed by atoms with van der Waals surface area (Å²) in [4.78, 5) is 32.3. The molecule has 1 fully saturated rings. The van der Waals surface area contributed by atoms with Gasteiger partial charge in [0.1, 0.15) is 21.9 Å². The maximum atomic E-state index is 14.4. The number of carbonyl (C=O) groups is 1. The molecule has 2 aromatic heterocycles. The fraction of sp³-hybridized carbons (Fsp3) is 0.516. The molecule has 1 aromatic carbocycles. The third-order valence-corrected chi connectivity index (χ3v) is 9.49. The zero-order chi connectivity index (χ0) is 30.8. The summed E-state index contributed by atoms with van der Waals surface area (Å²) in [5, 5.41) is 10.5. The first-order chi connectivity index (χ1) is 18.8. The third kappa shape index (κ3) is 5.78. The van der Waals surface area contributed by atoms with Gasteiger partial charge in [-0.1, -0.05) is 89.3 Å². The van der Waals surface area contributed by atoms with E-state index in [0.29, 0.717) is 16.5 Å². The lowest BCUT2D eigenvalue weighted by molar-refractivity contribution is -0.152. The molecule has 1 aliphatic carbocycles. The number of rotatable bonds is 3. The molecule has 2 heterocycles. The Labute approximate surface area is 255 Å². The van der Waals surface area contributed by atoms with Crippen molar-refractivity contribution in [2.24, 2.45) is 34.5 Å². The largest absolute Gasteiger partial charge is 0.512 e. The standard InChI is InChI=1S/C31H38Cl3N3O4/c1-14-11-17(30(3,4)5)23(18(12-14)31(6,7)8)29(40)41-24-22(16-9-10-19(32)20(33)13-16)25(34)37-27(24)36-26(35)21(15(2)38)28(37)39/h9-10,13-14,17-18,23,38H,11-12H2,1-8H3,(H2,35,36)/b21-15-. The van der Waals surface area contributed by atoms with Crippen LogP contribution in [-0.2, 0) is 4.79 Å². The number of nitrogens with zero attached hydrogens (tertiary/aromatic N) is 2. The van der Waals surface area contributed by atoms with E-state index in [2.05, 4.69) is 53.5 Å². The molecule has 0 spiro atoms. The van der Waals surface area contributed by atoms with Gasteiger partial charge in [0.2, 0.25) is 0 Å². The van der Waals surface area contributed by atoms with E-state index >= 15 is 0 Å². The Morgan fingerprint density at radius 3 is 2.10 bits per heavy atom. The van der Waals surface area contributed by atoms with Gasteiger partial charge in [-0.05, 0) is 66.0 Å². The van der Waals surface area contributed by atoms with Gasteiger partial charge in [0, 0.05) is 0 Å². The van der Waals surface area contributed by atoms with E-state index in [4.69, 9.17) is 45.3 Å². The summed E-state index contributed by atoms with van der Waals surface area (Å²) < 4.78 is 7.39. The number of hydrogen-bond donors (Lipinski definition) is 2. The molecule has 0 aliphatic heterocycles. The Morgan fingerprint density at radius 2 is 1.61 bits per heavy atom. The average molecular weight is 623 g/mol. The number of fused-ring (bicyclic) bond motifs is 1. The molecule has 3 N–H and O–H groups in total. The Balaban J connectivity index is 2.00. The van der Waals surface area contributed by atoms with Crippen LogP contribution in [0.3, 0.4) is 0 Å². The van der Waals surface area contributed by atoms with Crippen LogP contribution < -0.4 is 21.2 Å². The van der Waals surface area contributed by atoms with Crippen molar-refractivity contribution >= 4 is 58.0 Å². The van der Waals surface area contributed by atoms with E-state index in [-0.39, 0.29) is 66.6 Å². The average Bonchev–Trinajstić information content (AvgIpc) is 3.09. The van der Waals surface area contributed by atoms with Gasteiger partial charge in [0.15, 0.2) is 11.4 Å². The second kappa shape index (κ2) is 11.0. The molecule has 10 heteroatoms. The molecule has 222 valence electrons. The maximum Gasteiger partial charge on any atom is 0.315 e. The highest BCUT2D eigenvalue weighted by Crippen LogP contribution is 2.53. The van der Waals surface area contributed by atoms with E-state index in [1.807, 2.05) is 0 Å². The lowest BCUT2D eigenvalue weighted by Crippen LogP contribution is -2.48. The first kappa shape index (κ1) is 31.5. The summed E-state index contributed by atoms with van der Waals surface area (Å²) in [7, 11) is 0. The molecule has 1 saturated carbocycles. The van der Waals surface area contributed by atoms with Crippen LogP contribution in [0.2, 0.25) is 15.2 Å². The quantitative estimate of drug-likeness (QED) is 0.292. The van der Waals surface area contributed by atoms with Gasteiger partial charge in [-0.15, -0.1) is 0 Å². The SMILES string of the molecule is C/C(O)=c1\c(N)nc2c(OC(=O)C3C(C(C)(C)C)CC(C)CC3C(C)(C)C)c(-c3ccc(Cl)c(Cl)c3)c(Cl)n2c1=O. The van der Waals surface area contributed by atoms with Crippen LogP contribution >= 0.6 is 34.8 Å². The van der Waals surface area contributed by atoms with Crippen LogP contribution in [0.15, 0.2) is 23.0 Å². The van der Waals surface area contributed by atoms with Gasteiger partial charge < -0.3 is 15.6 Å². The molecule has 2 unspecified atom stereocenters. The van der Waals surface area contributed by atoms with Crippen molar-refractivity contribution < 1.29 is 14.6 Å². The molecule has 1 aliphatic rings. The van der Waals surface area contributed by atoms with E-state index in [9.17, 15) is 14.7 Å². The number of benzene rings is 1. The molecule has 0 saturated heterocycles. The normalized spacial score (nSPS) is 22.6. The number of aromatic nitrogens is 2.